The first-order valence-corrected chi connectivity index (χ1v) is 8.05. The van der Waals surface area contributed by atoms with Gasteiger partial charge >= 0.3 is 0 Å². The van der Waals surface area contributed by atoms with Gasteiger partial charge in [0.25, 0.3) is 5.91 Å². The molecule has 2 heterocycles. The van der Waals surface area contributed by atoms with E-state index in [1.807, 2.05) is 31.3 Å². The summed E-state index contributed by atoms with van der Waals surface area (Å²) < 4.78 is 1.67. The van der Waals surface area contributed by atoms with Gasteiger partial charge in [0.05, 0.1) is 11.6 Å². The number of hydrogen-bond donors (Lipinski definition) is 1. The Morgan fingerprint density at radius 2 is 2.12 bits per heavy atom. The van der Waals surface area contributed by atoms with Crippen molar-refractivity contribution in [1.82, 2.24) is 20.1 Å². The van der Waals surface area contributed by atoms with Gasteiger partial charge in [-0.2, -0.15) is 5.10 Å². The highest BCUT2D eigenvalue weighted by atomic mass is 16.1. The van der Waals surface area contributed by atoms with Crippen LogP contribution in [0.3, 0.4) is 0 Å². The SMILES string of the molecule is Cn1cc(C(=O)N[C@@H]2CCc3ccccc32)c(-c2cccnc2)n1. The topological polar surface area (TPSA) is 59.8 Å². The van der Waals surface area contributed by atoms with Crippen LogP contribution in [-0.4, -0.2) is 20.7 Å². The molecule has 4 rings (SSSR count). The van der Waals surface area contributed by atoms with Crippen molar-refractivity contribution in [2.75, 3.05) is 0 Å². The minimum Gasteiger partial charge on any atom is -0.345 e. The van der Waals surface area contributed by atoms with Gasteiger partial charge in [0, 0.05) is 31.2 Å². The second kappa shape index (κ2) is 5.92. The summed E-state index contributed by atoms with van der Waals surface area (Å²) in [6, 6.07) is 12.1. The van der Waals surface area contributed by atoms with E-state index in [1.54, 1.807) is 23.3 Å². The number of carbonyl (C=O) groups is 1. The number of carbonyl (C=O) groups excluding carboxylic acids is 1. The number of pyridine rings is 1. The quantitative estimate of drug-likeness (QED) is 0.808. The lowest BCUT2D eigenvalue weighted by Crippen LogP contribution is -2.27. The molecule has 0 spiro atoms. The molecule has 1 amide bonds. The van der Waals surface area contributed by atoms with E-state index in [0.29, 0.717) is 11.3 Å². The minimum atomic E-state index is -0.0938. The Hall–Kier alpha value is -2.95. The van der Waals surface area contributed by atoms with Crippen LogP contribution in [0.2, 0.25) is 0 Å². The van der Waals surface area contributed by atoms with Crippen LogP contribution in [0.4, 0.5) is 0 Å². The summed E-state index contributed by atoms with van der Waals surface area (Å²) >= 11 is 0. The van der Waals surface area contributed by atoms with Crippen LogP contribution in [0.25, 0.3) is 11.3 Å². The van der Waals surface area contributed by atoms with Crippen molar-refractivity contribution in [2.24, 2.45) is 7.05 Å². The predicted molar refractivity (Wildman–Crippen MR) is 91.4 cm³/mol. The fourth-order valence-corrected chi connectivity index (χ4v) is 3.31. The van der Waals surface area contributed by atoms with Gasteiger partial charge in [-0.25, -0.2) is 0 Å². The summed E-state index contributed by atoms with van der Waals surface area (Å²) in [6.45, 7) is 0. The monoisotopic (exact) mass is 318 g/mol. The van der Waals surface area contributed by atoms with Crippen LogP contribution in [0.1, 0.15) is 33.9 Å². The largest absolute Gasteiger partial charge is 0.345 e. The van der Waals surface area contributed by atoms with E-state index in [9.17, 15) is 4.79 Å². The molecular formula is C19H18N4O. The highest BCUT2D eigenvalue weighted by molar-refractivity contribution is 6.00. The van der Waals surface area contributed by atoms with Crippen LogP contribution in [0.15, 0.2) is 55.0 Å². The molecule has 0 saturated heterocycles. The number of nitrogens with one attached hydrogen (secondary N) is 1. The smallest absolute Gasteiger partial charge is 0.255 e. The molecule has 120 valence electrons. The maximum atomic E-state index is 12.8. The summed E-state index contributed by atoms with van der Waals surface area (Å²) in [6.07, 6.45) is 7.14. The Balaban J connectivity index is 1.62. The molecule has 0 bridgehead atoms. The van der Waals surface area contributed by atoms with E-state index in [1.165, 1.54) is 11.1 Å². The number of aromatic nitrogens is 3. The first-order valence-electron chi connectivity index (χ1n) is 8.05. The van der Waals surface area contributed by atoms with Gasteiger partial charge in [0.2, 0.25) is 0 Å². The molecular weight excluding hydrogens is 300 g/mol. The molecule has 0 aliphatic heterocycles. The number of nitrogens with zero attached hydrogens (tertiary/aromatic N) is 3. The Morgan fingerprint density at radius 3 is 2.96 bits per heavy atom. The summed E-state index contributed by atoms with van der Waals surface area (Å²) in [5, 5.41) is 7.60. The molecule has 3 aromatic rings. The lowest BCUT2D eigenvalue weighted by atomic mass is 10.1. The fourth-order valence-electron chi connectivity index (χ4n) is 3.31. The number of benzene rings is 1. The normalized spacial score (nSPS) is 16.0. The summed E-state index contributed by atoms with van der Waals surface area (Å²) in [4.78, 5) is 17.0. The number of hydrogen-bond acceptors (Lipinski definition) is 3. The van der Waals surface area contributed by atoms with Crippen LogP contribution in [0.5, 0.6) is 0 Å². The summed E-state index contributed by atoms with van der Waals surface area (Å²) in [7, 11) is 1.82. The molecule has 1 N–H and O–H groups in total. The van der Waals surface area contributed by atoms with Crippen LogP contribution in [-0.2, 0) is 13.5 Å². The van der Waals surface area contributed by atoms with Gasteiger partial charge in [0.1, 0.15) is 5.69 Å². The highest BCUT2D eigenvalue weighted by Gasteiger charge is 2.25. The Bertz CT molecular complexity index is 885. The lowest BCUT2D eigenvalue weighted by molar-refractivity contribution is 0.0937. The van der Waals surface area contributed by atoms with Gasteiger partial charge in [-0.15, -0.1) is 0 Å². The molecule has 24 heavy (non-hydrogen) atoms. The number of aryl methyl sites for hydroxylation is 2. The zero-order valence-electron chi connectivity index (χ0n) is 13.4. The van der Waals surface area contributed by atoms with Crippen molar-refractivity contribution in [2.45, 2.75) is 18.9 Å². The summed E-state index contributed by atoms with van der Waals surface area (Å²) in [5.74, 6) is -0.0938. The lowest BCUT2D eigenvalue weighted by Gasteiger charge is -2.14. The second-order valence-electron chi connectivity index (χ2n) is 6.07. The van der Waals surface area contributed by atoms with Crippen molar-refractivity contribution < 1.29 is 4.79 Å². The number of rotatable bonds is 3. The zero-order valence-corrected chi connectivity index (χ0v) is 13.4. The molecule has 5 heteroatoms. The highest BCUT2D eigenvalue weighted by Crippen LogP contribution is 2.31. The van der Waals surface area contributed by atoms with Gasteiger partial charge in [-0.1, -0.05) is 24.3 Å². The third-order valence-corrected chi connectivity index (χ3v) is 4.45. The third kappa shape index (κ3) is 2.58. The molecule has 1 aromatic carbocycles. The Morgan fingerprint density at radius 1 is 1.25 bits per heavy atom. The van der Waals surface area contributed by atoms with Crippen molar-refractivity contribution in [3.05, 3.63) is 71.7 Å². The zero-order chi connectivity index (χ0) is 16.5. The molecule has 0 saturated carbocycles. The average Bonchev–Trinajstić information content (AvgIpc) is 3.20. The maximum absolute atomic E-state index is 12.8. The standard InChI is InChI=1S/C19H18N4O/c1-23-12-16(18(22-23)14-6-4-10-20-11-14)19(24)21-17-9-8-13-5-2-3-7-15(13)17/h2-7,10-12,17H,8-9H2,1H3,(H,21,24)/t17-/m1/s1. The van der Waals surface area contributed by atoms with E-state index >= 15 is 0 Å². The van der Waals surface area contributed by atoms with Crippen molar-refractivity contribution in [3.8, 4) is 11.3 Å². The van der Waals surface area contributed by atoms with Crippen LogP contribution < -0.4 is 5.32 Å². The minimum absolute atomic E-state index is 0.0654. The first kappa shape index (κ1) is 14.6. The number of amides is 1. The van der Waals surface area contributed by atoms with E-state index in [2.05, 4.69) is 27.5 Å². The Kier molecular flexibility index (Phi) is 3.61. The molecule has 1 atom stereocenters. The van der Waals surface area contributed by atoms with E-state index in [-0.39, 0.29) is 11.9 Å². The molecule has 1 aliphatic carbocycles. The molecule has 2 aromatic heterocycles. The van der Waals surface area contributed by atoms with Gasteiger partial charge in [-0.05, 0) is 36.1 Å². The molecule has 5 nitrogen and oxygen atoms in total. The maximum Gasteiger partial charge on any atom is 0.255 e. The molecule has 0 fully saturated rings. The van der Waals surface area contributed by atoms with E-state index in [4.69, 9.17) is 0 Å². The van der Waals surface area contributed by atoms with E-state index in [0.717, 1.165) is 18.4 Å². The van der Waals surface area contributed by atoms with Crippen molar-refractivity contribution in [1.29, 1.82) is 0 Å². The second-order valence-corrected chi connectivity index (χ2v) is 6.07. The summed E-state index contributed by atoms with van der Waals surface area (Å²) in [5.41, 5.74) is 4.62. The molecule has 0 unspecified atom stereocenters. The van der Waals surface area contributed by atoms with Gasteiger partial charge in [-0.3, -0.25) is 14.5 Å². The third-order valence-electron chi connectivity index (χ3n) is 4.45. The molecule has 0 radical (unpaired) electrons. The van der Waals surface area contributed by atoms with Gasteiger partial charge < -0.3 is 5.32 Å². The van der Waals surface area contributed by atoms with E-state index < -0.39 is 0 Å². The Labute approximate surface area is 140 Å². The van der Waals surface area contributed by atoms with Gasteiger partial charge in [0.15, 0.2) is 0 Å². The van der Waals surface area contributed by atoms with Crippen molar-refractivity contribution >= 4 is 5.91 Å². The fraction of sp³-hybridized carbons (Fsp3) is 0.211. The molecule has 1 aliphatic rings. The average molecular weight is 318 g/mol. The van der Waals surface area contributed by atoms with Crippen molar-refractivity contribution in [3.63, 3.8) is 0 Å². The first-order chi connectivity index (χ1) is 11.7. The number of fused-ring (bicyclic) bond motifs is 1. The van der Waals surface area contributed by atoms with Crippen LogP contribution >= 0.6 is 0 Å². The van der Waals surface area contributed by atoms with Crippen LogP contribution in [0, 0.1) is 0 Å². The predicted octanol–water partition coefficient (Wildman–Crippen LogP) is 2.90.